The molecule has 0 unspecified atom stereocenters. The molecule has 0 aliphatic carbocycles. The second kappa shape index (κ2) is 12.5. The molecule has 2 aromatic carbocycles. The molecule has 8 heteroatoms. The highest BCUT2D eigenvalue weighted by Crippen LogP contribution is 2.30. The molecular formula is C21H25IN4O3. The van der Waals surface area contributed by atoms with Crippen LogP contribution in [0.2, 0.25) is 0 Å². The summed E-state index contributed by atoms with van der Waals surface area (Å²) in [7, 11) is 3.21. The van der Waals surface area contributed by atoms with Crippen molar-refractivity contribution in [3.8, 4) is 23.8 Å². The number of methoxy groups -OCH3 is 1. The third-order valence-electron chi connectivity index (χ3n) is 3.68. The summed E-state index contributed by atoms with van der Waals surface area (Å²) in [5.41, 5.74) is 2.09. The zero-order chi connectivity index (χ0) is 20.4. The topological polar surface area (TPSA) is 84.0 Å². The lowest BCUT2D eigenvalue weighted by Crippen LogP contribution is -2.37. The van der Waals surface area contributed by atoms with Crippen molar-refractivity contribution >= 4 is 47.2 Å². The summed E-state index contributed by atoms with van der Waals surface area (Å²) in [4.78, 5) is 16.3. The van der Waals surface area contributed by atoms with Gasteiger partial charge in [-0.15, -0.1) is 30.4 Å². The summed E-state index contributed by atoms with van der Waals surface area (Å²) in [6, 6.07) is 12.5. The Hall–Kier alpha value is -2.93. The number of hydrogen-bond donors (Lipinski definition) is 3. The van der Waals surface area contributed by atoms with E-state index in [1.807, 2.05) is 13.0 Å². The van der Waals surface area contributed by atoms with E-state index in [1.165, 1.54) is 0 Å². The first-order valence-corrected chi connectivity index (χ1v) is 8.74. The van der Waals surface area contributed by atoms with Crippen molar-refractivity contribution in [3.63, 3.8) is 0 Å². The fourth-order valence-electron chi connectivity index (χ4n) is 2.39. The molecule has 0 spiro atoms. The minimum atomic E-state index is -0.221. The fourth-order valence-corrected chi connectivity index (χ4v) is 2.39. The van der Waals surface area contributed by atoms with Crippen LogP contribution < -0.4 is 25.4 Å². The van der Waals surface area contributed by atoms with Crippen molar-refractivity contribution in [3.05, 3.63) is 48.0 Å². The van der Waals surface area contributed by atoms with Gasteiger partial charge in [-0.05, 0) is 37.3 Å². The largest absolute Gasteiger partial charge is 0.493 e. The Morgan fingerprint density at radius 2 is 1.90 bits per heavy atom. The Morgan fingerprint density at radius 1 is 1.14 bits per heavy atom. The number of rotatable bonds is 7. The molecule has 1 amide bonds. The predicted molar refractivity (Wildman–Crippen MR) is 128 cm³/mol. The summed E-state index contributed by atoms with van der Waals surface area (Å²) in [5.74, 6) is 4.02. The molecule has 0 aromatic heterocycles. The van der Waals surface area contributed by atoms with E-state index in [1.54, 1.807) is 50.6 Å². The van der Waals surface area contributed by atoms with Gasteiger partial charge in [-0.1, -0.05) is 12.0 Å². The van der Waals surface area contributed by atoms with E-state index in [-0.39, 0.29) is 36.4 Å². The monoisotopic (exact) mass is 508 g/mol. The first-order valence-electron chi connectivity index (χ1n) is 8.74. The maximum absolute atomic E-state index is 12.2. The standard InChI is InChI=1S/C21H24N4O3.HI/c1-5-15-8-7-9-16(12-15)24-20(26)14-23-21(22-3)25-17-10-11-18(27-4)19(13-17)28-6-2;/h1,7-13H,6,14H2,2-4H3,(H,24,26)(H2,22,23,25);1H. The van der Waals surface area contributed by atoms with Crippen LogP contribution in [0.15, 0.2) is 47.5 Å². The number of anilines is 2. The van der Waals surface area contributed by atoms with E-state index >= 15 is 0 Å². The molecule has 0 atom stereocenters. The lowest BCUT2D eigenvalue weighted by Gasteiger charge is -2.14. The predicted octanol–water partition coefficient (Wildman–Crippen LogP) is 3.32. The van der Waals surface area contributed by atoms with E-state index in [4.69, 9.17) is 15.9 Å². The van der Waals surface area contributed by atoms with Gasteiger partial charge in [-0.3, -0.25) is 9.79 Å². The molecule has 154 valence electrons. The molecule has 0 saturated carbocycles. The number of carbonyl (C=O) groups excluding carboxylic acids is 1. The van der Waals surface area contributed by atoms with Crippen LogP contribution >= 0.6 is 24.0 Å². The highest BCUT2D eigenvalue weighted by molar-refractivity contribution is 14.0. The second-order valence-electron chi connectivity index (χ2n) is 5.62. The van der Waals surface area contributed by atoms with Gasteiger partial charge >= 0.3 is 0 Å². The Kier molecular flexibility index (Phi) is 10.4. The Bertz CT molecular complexity index is 894. The van der Waals surface area contributed by atoms with Crippen LogP contribution in [0.5, 0.6) is 11.5 Å². The Balaban J connectivity index is 0.00000420. The van der Waals surface area contributed by atoms with Gasteiger partial charge in [-0.25, -0.2) is 0 Å². The third kappa shape index (κ3) is 7.54. The number of hydrogen-bond acceptors (Lipinski definition) is 4. The van der Waals surface area contributed by atoms with Crippen molar-refractivity contribution in [2.45, 2.75) is 6.92 Å². The molecule has 0 bridgehead atoms. The molecule has 0 aliphatic heterocycles. The van der Waals surface area contributed by atoms with Crippen LogP contribution in [0.25, 0.3) is 0 Å². The van der Waals surface area contributed by atoms with Crippen molar-refractivity contribution in [1.29, 1.82) is 0 Å². The van der Waals surface area contributed by atoms with Gasteiger partial charge < -0.3 is 25.4 Å². The van der Waals surface area contributed by atoms with Gasteiger partial charge in [0.1, 0.15) is 0 Å². The molecule has 29 heavy (non-hydrogen) atoms. The SMILES string of the molecule is C#Cc1cccc(NC(=O)CNC(=NC)Nc2ccc(OC)c(OCC)c2)c1.I. The number of guanidine groups is 1. The Morgan fingerprint density at radius 3 is 2.55 bits per heavy atom. The van der Waals surface area contributed by atoms with E-state index in [0.29, 0.717) is 35.3 Å². The lowest BCUT2D eigenvalue weighted by atomic mass is 10.2. The maximum Gasteiger partial charge on any atom is 0.243 e. The summed E-state index contributed by atoms with van der Waals surface area (Å²) in [6.45, 7) is 2.46. The zero-order valence-corrected chi connectivity index (χ0v) is 18.9. The molecule has 0 heterocycles. The number of benzene rings is 2. The molecule has 7 nitrogen and oxygen atoms in total. The van der Waals surface area contributed by atoms with Crippen LogP contribution in [-0.2, 0) is 4.79 Å². The first-order chi connectivity index (χ1) is 13.6. The highest BCUT2D eigenvalue weighted by Gasteiger charge is 2.08. The molecule has 0 saturated heterocycles. The minimum Gasteiger partial charge on any atom is -0.493 e. The average Bonchev–Trinajstić information content (AvgIpc) is 2.71. The van der Waals surface area contributed by atoms with E-state index < -0.39 is 0 Å². The normalized spacial score (nSPS) is 10.2. The average molecular weight is 508 g/mol. The number of aliphatic imine (C=N–C) groups is 1. The summed E-state index contributed by atoms with van der Waals surface area (Å²) in [6.07, 6.45) is 5.37. The van der Waals surface area contributed by atoms with Crippen LogP contribution in [0.1, 0.15) is 12.5 Å². The number of halogens is 1. The number of amides is 1. The highest BCUT2D eigenvalue weighted by atomic mass is 127. The van der Waals surface area contributed by atoms with Crippen molar-refractivity contribution < 1.29 is 14.3 Å². The smallest absolute Gasteiger partial charge is 0.243 e. The van der Waals surface area contributed by atoms with E-state index in [9.17, 15) is 4.79 Å². The lowest BCUT2D eigenvalue weighted by molar-refractivity contribution is -0.115. The van der Waals surface area contributed by atoms with Crippen LogP contribution in [-0.4, -0.2) is 39.2 Å². The Labute approximate surface area is 188 Å². The van der Waals surface area contributed by atoms with E-state index in [0.717, 1.165) is 5.69 Å². The minimum absolute atomic E-state index is 0. The van der Waals surface area contributed by atoms with Crippen molar-refractivity contribution in [2.75, 3.05) is 37.9 Å². The molecule has 0 aliphatic rings. The van der Waals surface area contributed by atoms with Crippen molar-refractivity contribution in [1.82, 2.24) is 5.32 Å². The van der Waals surface area contributed by atoms with Gasteiger partial charge in [0.05, 0.1) is 20.3 Å². The maximum atomic E-state index is 12.2. The number of carbonyl (C=O) groups is 1. The molecule has 2 aromatic rings. The molecular weight excluding hydrogens is 483 g/mol. The fraction of sp³-hybridized carbons (Fsp3) is 0.238. The number of nitrogens with zero attached hydrogens (tertiary/aromatic N) is 1. The first kappa shape index (κ1) is 24.1. The zero-order valence-electron chi connectivity index (χ0n) is 16.6. The summed E-state index contributed by atoms with van der Waals surface area (Å²) >= 11 is 0. The second-order valence-corrected chi connectivity index (χ2v) is 5.62. The summed E-state index contributed by atoms with van der Waals surface area (Å²) < 4.78 is 10.8. The van der Waals surface area contributed by atoms with Crippen molar-refractivity contribution in [2.24, 2.45) is 4.99 Å². The van der Waals surface area contributed by atoms with E-state index in [2.05, 4.69) is 26.9 Å². The third-order valence-corrected chi connectivity index (χ3v) is 3.68. The number of terminal acetylenes is 1. The molecule has 0 fully saturated rings. The van der Waals surface area contributed by atoms with Gasteiger partial charge in [0, 0.05) is 30.1 Å². The quantitative estimate of drug-likeness (QED) is 0.231. The van der Waals surface area contributed by atoms with Gasteiger partial charge in [0.15, 0.2) is 17.5 Å². The number of ether oxygens (including phenoxy) is 2. The van der Waals surface area contributed by atoms with Crippen LogP contribution in [0.4, 0.5) is 11.4 Å². The van der Waals surface area contributed by atoms with Crippen LogP contribution in [0.3, 0.4) is 0 Å². The molecule has 2 rings (SSSR count). The van der Waals surface area contributed by atoms with Gasteiger partial charge in [0.2, 0.25) is 5.91 Å². The van der Waals surface area contributed by atoms with Crippen LogP contribution in [0, 0.1) is 12.3 Å². The number of nitrogens with one attached hydrogen (secondary N) is 3. The van der Waals surface area contributed by atoms with Gasteiger partial charge in [-0.2, -0.15) is 0 Å². The molecule has 0 radical (unpaired) electrons. The van der Waals surface area contributed by atoms with Gasteiger partial charge in [0.25, 0.3) is 0 Å². The summed E-state index contributed by atoms with van der Waals surface area (Å²) in [5, 5.41) is 8.86. The molecule has 3 N–H and O–H groups in total.